The Labute approximate surface area is 242 Å². The number of nitro benzene ring substituents is 1. The highest BCUT2D eigenvalue weighted by molar-refractivity contribution is 9.11. The van der Waals surface area contributed by atoms with Gasteiger partial charge < -0.3 is 4.74 Å². The minimum atomic E-state index is -4.79. The molecule has 1 heterocycles. The molecule has 1 saturated heterocycles. The summed E-state index contributed by atoms with van der Waals surface area (Å²) in [5, 5.41) is 13.5. The van der Waals surface area contributed by atoms with Crippen molar-refractivity contribution < 1.29 is 37.2 Å². The number of amides is 4. The first-order valence-electron chi connectivity index (χ1n) is 10.5. The maximum Gasteiger partial charge on any atom is 0.416 e. The number of barbiturate groups is 1. The predicted octanol–water partition coefficient (Wildman–Crippen LogP) is 7.36. The molecular weight excluding hydrogens is 723 g/mol. The van der Waals surface area contributed by atoms with E-state index in [4.69, 9.17) is 4.74 Å². The molecule has 1 fully saturated rings. The van der Waals surface area contributed by atoms with Gasteiger partial charge in [0.15, 0.2) is 5.75 Å². The van der Waals surface area contributed by atoms with E-state index in [-0.39, 0.29) is 31.5 Å². The van der Waals surface area contributed by atoms with Crippen molar-refractivity contribution >= 4 is 83.1 Å². The first kappa shape index (κ1) is 28.4. The number of rotatable bonds is 5. The predicted molar refractivity (Wildman–Crippen MR) is 143 cm³/mol. The first-order valence-corrected chi connectivity index (χ1v) is 12.8. The molecule has 0 bridgehead atoms. The molecule has 0 aromatic heterocycles. The number of nitrogens with zero attached hydrogens (tertiary/aromatic N) is 2. The Balaban J connectivity index is 1.68. The second-order valence-corrected chi connectivity index (χ2v) is 10.4. The molecule has 4 amide bonds. The average molecular weight is 734 g/mol. The topological polar surface area (TPSA) is 119 Å². The van der Waals surface area contributed by atoms with Crippen molar-refractivity contribution in [3.63, 3.8) is 0 Å². The van der Waals surface area contributed by atoms with Gasteiger partial charge in [-0.25, -0.2) is 9.69 Å². The van der Waals surface area contributed by atoms with Gasteiger partial charge in [-0.15, -0.1) is 0 Å². The van der Waals surface area contributed by atoms with E-state index in [1.54, 1.807) is 12.1 Å². The standard InChI is InChI=1S/C24H11Br3F3N3O6/c25-13-2-4-14(5-3-13)32-22(35)15(21(34)31-23(32)36)7-11-8-16(26)20(17(27)9-11)39-19-6-1-12(24(28,29)30)10-18(19)33(37)38/h1-10H,(H,31,34,36)/b15-7+. The van der Waals surface area contributed by atoms with Gasteiger partial charge in [0, 0.05) is 10.5 Å². The second-order valence-electron chi connectivity index (χ2n) is 7.79. The number of hydrogen-bond acceptors (Lipinski definition) is 6. The lowest BCUT2D eigenvalue weighted by Gasteiger charge is -2.26. The van der Waals surface area contributed by atoms with Crippen molar-refractivity contribution in [1.29, 1.82) is 0 Å². The van der Waals surface area contributed by atoms with E-state index in [1.165, 1.54) is 30.3 Å². The van der Waals surface area contributed by atoms with E-state index in [1.807, 2.05) is 0 Å². The smallest absolute Gasteiger partial charge is 0.416 e. The number of ether oxygens (including phenoxy) is 1. The average Bonchev–Trinajstić information content (AvgIpc) is 2.84. The highest BCUT2D eigenvalue weighted by atomic mass is 79.9. The lowest BCUT2D eigenvalue weighted by molar-refractivity contribution is -0.385. The number of imide groups is 2. The number of anilines is 1. The Bertz CT molecular complexity index is 1550. The number of hydrogen-bond donors (Lipinski definition) is 1. The van der Waals surface area contributed by atoms with Gasteiger partial charge in [-0.05, 0) is 92.0 Å². The van der Waals surface area contributed by atoms with E-state index in [2.05, 4.69) is 53.1 Å². The quantitative estimate of drug-likeness (QED) is 0.127. The van der Waals surface area contributed by atoms with Gasteiger partial charge >= 0.3 is 17.9 Å². The molecule has 3 aromatic carbocycles. The summed E-state index contributed by atoms with van der Waals surface area (Å²) in [5.41, 5.74) is -1.97. The fourth-order valence-electron chi connectivity index (χ4n) is 3.44. The molecule has 1 aliphatic heterocycles. The molecule has 0 spiro atoms. The lowest BCUT2D eigenvalue weighted by Crippen LogP contribution is -2.54. The third-order valence-electron chi connectivity index (χ3n) is 5.21. The molecule has 3 aromatic rings. The summed E-state index contributed by atoms with van der Waals surface area (Å²) in [5.74, 6) is -2.28. The third-order valence-corrected chi connectivity index (χ3v) is 6.92. The van der Waals surface area contributed by atoms with Crippen molar-refractivity contribution in [2.24, 2.45) is 0 Å². The van der Waals surface area contributed by atoms with Crippen molar-refractivity contribution in [2.45, 2.75) is 6.18 Å². The summed E-state index contributed by atoms with van der Waals surface area (Å²) < 4.78 is 45.7. The zero-order valence-corrected chi connectivity index (χ0v) is 23.6. The van der Waals surface area contributed by atoms with Crippen molar-refractivity contribution in [3.05, 3.63) is 94.8 Å². The van der Waals surface area contributed by atoms with Crippen molar-refractivity contribution in [3.8, 4) is 11.5 Å². The van der Waals surface area contributed by atoms with Gasteiger partial charge in [0.25, 0.3) is 11.8 Å². The van der Waals surface area contributed by atoms with Crippen LogP contribution in [0.2, 0.25) is 0 Å². The number of nitrogens with one attached hydrogen (secondary N) is 1. The van der Waals surface area contributed by atoms with Crippen LogP contribution in [0, 0.1) is 10.1 Å². The number of carbonyl (C=O) groups is 3. The molecule has 1 aliphatic rings. The highest BCUT2D eigenvalue weighted by Gasteiger charge is 2.37. The van der Waals surface area contributed by atoms with Crippen molar-refractivity contribution in [1.82, 2.24) is 5.32 Å². The molecule has 0 unspecified atom stereocenters. The molecule has 200 valence electrons. The minimum Gasteiger partial charge on any atom is -0.448 e. The molecule has 39 heavy (non-hydrogen) atoms. The van der Waals surface area contributed by atoms with Crippen LogP contribution >= 0.6 is 47.8 Å². The normalized spacial score (nSPS) is 15.0. The van der Waals surface area contributed by atoms with Crippen LogP contribution in [0.4, 0.5) is 29.3 Å². The Kier molecular flexibility index (Phi) is 7.95. The Morgan fingerprint density at radius 2 is 1.56 bits per heavy atom. The minimum absolute atomic E-state index is 0.0221. The number of alkyl halides is 3. The van der Waals surface area contributed by atoms with Crippen LogP contribution in [-0.2, 0) is 15.8 Å². The number of halogens is 6. The molecule has 1 N–H and O–H groups in total. The summed E-state index contributed by atoms with van der Waals surface area (Å²) in [6.07, 6.45) is -3.57. The van der Waals surface area contributed by atoms with Crippen LogP contribution < -0.4 is 15.0 Å². The van der Waals surface area contributed by atoms with Crippen LogP contribution in [0.1, 0.15) is 11.1 Å². The van der Waals surface area contributed by atoms with Gasteiger partial charge in [-0.1, -0.05) is 15.9 Å². The molecular formula is C24H11Br3F3N3O6. The maximum absolute atomic E-state index is 13.1. The number of nitro groups is 1. The van der Waals surface area contributed by atoms with E-state index < -0.39 is 45.9 Å². The van der Waals surface area contributed by atoms with Gasteiger partial charge in [-0.3, -0.25) is 25.0 Å². The third kappa shape index (κ3) is 6.04. The summed E-state index contributed by atoms with van der Waals surface area (Å²) in [6, 6.07) is 9.98. The number of benzene rings is 3. The van der Waals surface area contributed by atoms with Crippen LogP contribution in [0.25, 0.3) is 6.08 Å². The second kappa shape index (κ2) is 10.9. The summed E-state index contributed by atoms with van der Waals surface area (Å²) in [7, 11) is 0. The van der Waals surface area contributed by atoms with Crippen LogP contribution in [0.3, 0.4) is 0 Å². The van der Waals surface area contributed by atoms with E-state index in [0.29, 0.717) is 16.6 Å². The SMILES string of the molecule is O=C1NC(=O)N(c2ccc(Br)cc2)C(=O)/C1=C/c1cc(Br)c(Oc2ccc(C(F)(F)F)cc2[N+](=O)[O-])c(Br)c1. The summed E-state index contributed by atoms with van der Waals surface area (Å²) in [6.45, 7) is 0. The number of urea groups is 1. The van der Waals surface area contributed by atoms with Crippen molar-refractivity contribution in [2.75, 3.05) is 4.90 Å². The largest absolute Gasteiger partial charge is 0.448 e. The fourth-order valence-corrected chi connectivity index (χ4v) is 5.09. The number of carbonyl (C=O) groups excluding carboxylic acids is 3. The van der Waals surface area contributed by atoms with Gasteiger partial charge in [-0.2, -0.15) is 13.2 Å². The van der Waals surface area contributed by atoms with Gasteiger partial charge in [0.2, 0.25) is 5.75 Å². The maximum atomic E-state index is 13.1. The highest BCUT2D eigenvalue weighted by Crippen LogP contribution is 2.43. The molecule has 15 heteroatoms. The van der Waals surface area contributed by atoms with E-state index in [9.17, 15) is 37.7 Å². The Morgan fingerprint density at radius 1 is 0.949 bits per heavy atom. The van der Waals surface area contributed by atoms with E-state index in [0.717, 1.165) is 11.0 Å². The van der Waals surface area contributed by atoms with Crippen LogP contribution in [0.5, 0.6) is 11.5 Å². The molecule has 0 atom stereocenters. The summed E-state index contributed by atoms with van der Waals surface area (Å²) >= 11 is 9.73. The molecule has 0 radical (unpaired) electrons. The molecule has 4 rings (SSSR count). The summed E-state index contributed by atoms with van der Waals surface area (Å²) in [4.78, 5) is 49.1. The monoisotopic (exact) mass is 731 g/mol. The van der Waals surface area contributed by atoms with Gasteiger partial charge in [0.1, 0.15) is 5.57 Å². The molecule has 0 aliphatic carbocycles. The van der Waals surface area contributed by atoms with Crippen LogP contribution in [0.15, 0.2) is 73.6 Å². The first-order chi connectivity index (χ1) is 18.3. The van der Waals surface area contributed by atoms with Crippen LogP contribution in [-0.4, -0.2) is 22.8 Å². The Morgan fingerprint density at radius 3 is 2.13 bits per heavy atom. The zero-order chi connectivity index (χ0) is 28.6. The van der Waals surface area contributed by atoms with Gasteiger partial charge in [0.05, 0.1) is 25.1 Å². The fraction of sp³-hybridized carbons (Fsp3) is 0.0417. The molecule has 9 nitrogen and oxygen atoms in total. The lowest BCUT2D eigenvalue weighted by atomic mass is 10.1. The Hall–Kier alpha value is -3.56. The zero-order valence-electron chi connectivity index (χ0n) is 18.9. The van der Waals surface area contributed by atoms with E-state index >= 15 is 0 Å². The molecule has 0 saturated carbocycles.